The molecule has 0 spiro atoms. The number of aromatic nitrogens is 6. The van der Waals surface area contributed by atoms with Gasteiger partial charge in [-0.1, -0.05) is 20.8 Å². The molecule has 8 nitrogen and oxygen atoms in total. The van der Waals surface area contributed by atoms with E-state index in [4.69, 9.17) is 0 Å². The lowest BCUT2D eigenvalue weighted by atomic mass is 9.91. The molecule has 3 aromatic heterocycles. The summed E-state index contributed by atoms with van der Waals surface area (Å²) < 4.78 is 1.64. The number of H-pyrrole nitrogens is 1. The molecule has 0 atom stereocenters. The van der Waals surface area contributed by atoms with Gasteiger partial charge >= 0.3 is 0 Å². The van der Waals surface area contributed by atoms with Crippen LogP contribution in [0.15, 0.2) is 12.1 Å². The third-order valence-corrected chi connectivity index (χ3v) is 3.60. The van der Waals surface area contributed by atoms with E-state index in [-0.39, 0.29) is 17.7 Å². The predicted octanol–water partition coefficient (Wildman–Crippen LogP) is 2.23. The number of carbonyl (C=O) groups is 1. The zero-order valence-corrected chi connectivity index (χ0v) is 15.2. The van der Waals surface area contributed by atoms with Crippen LogP contribution in [0, 0.1) is 19.3 Å². The molecule has 3 aromatic rings. The van der Waals surface area contributed by atoms with Crippen molar-refractivity contribution in [3.8, 4) is 0 Å². The van der Waals surface area contributed by atoms with Crippen LogP contribution in [-0.2, 0) is 17.6 Å². The van der Waals surface area contributed by atoms with Crippen molar-refractivity contribution in [3.05, 3.63) is 35.0 Å². The zero-order valence-electron chi connectivity index (χ0n) is 15.2. The average Bonchev–Trinajstić information content (AvgIpc) is 3.03. The number of nitrogens with zero attached hydrogens (tertiary/aromatic N) is 5. The van der Waals surface area contributed by atoms with Crippen LogP contribution in [0.25, 0.3) is 5.78 Å². The van der Waals surface area contributed by atoms with Crippen molar-refractivity contribution in [2.45, 2.75) is 47.5 Å². The Bertz CT molecular complexity index is 917. The van der Waals surface area contributed by atoms with E-state index in [1.165, 1.54) is 0 Å². The Labute approximate surface area is 146 Å². The molecule has 3 rings (SSSR count). The molecule has 132 valence electrons. The summed E-state index contributed by atoms with van der Waals surface area (Å²) in [7, 11) is 0. The number of carbonyl (C=O) groups excluding carboxylic acids is 1. The topological polar surface area (TPSA) is 101 Å². The minimum atomic E-state index is -0.209. The summed E-state index contributed by atoms with van der Waals surface area (Å²) in [5, 5.41) is 14.2. The Morgan fingerprint density at radius 1 is 1.24 bits per heavy atom. The quantitative estimate of drug-likeness (QED) is 0.758. The van der Waals surface area contributed by atoms with E-state index < -0.39 is 0 Å². The van der Waals surface area contributed by atoms with E-state index in [0.717, 1.165) is 23.5 Å². The first-order valence-electron chi connectivity index (χ1n) is 8.24. The van der Waals surface area contributed by atoms with Crippen LogP contribution in [0.5, 0.6) is 0 Å². The molecule has 0 aliphatic carbocycles. The highest BCUT2D eigenvalue weighted by Crippen LogP contribution is 2.20. The van der Waals surface area contributed by atoms with Gasteiger partial charge in [-0.05, 0) is 31.7 Å². The average molecular weight is 341 g/mol. The first-order chi connectivity index (χ1) is 11.7. The summed E-state index contributed by atoms with van der Waals surface area (Å²) in [5.74, 6) is 1.24. The number of rotatable bonds is 4. The number of hydrogen-bond acceptors (Lipinski definition) is 5. The highest BCUT2D eigenvalue weighted by molar-refractivity contribution is 5.90. The van der Waals surface area contributed by atoms with Crippen LogP contribution in [0.1, 0.15) is 43.7 Å². The van der Waals surface area contributed by atoms with Crippen molar-refractivity contribution in [1.29, 1.82) is 0 Å². The van der Waals surface area contributed by atoms with Crippen LogP contribution in [-0.4, -0.2) is 35.7 Å². The van der Waals surface area contributed by atoms with Gasteiger partial charge in [0.1, 0.15) is 0 Å². The lowest BCUT2D eigenvalue weighted by molar-refractivity contribution is -0.115. The number of aryl methyl sites for hydroxylation is 2. The van der Waals surface area contributed by atoms with Gasteiger partial charge < -0.3 is 5.32 Å². The monoisotopic (exact) mass is 341 g/mol. The summed E-state index contributed by atoms with van der Waals surface area (Å²) in [6.45, 7) is 10.3. The summed E-state index contributed by atoms with van der Waals surface area (Å²) in [6.07, 6.45) is 0.928. The molecule has 0 aliphatic heterocycles. The molecule has 0 aliphatic rings. The van der Waals surface area contributed by atoms with Crippen molar-refractivity contribution < 1.29 is 4.79 Å². The van der Waals surface area contributed by atoms with Crippen molar-refractivity contribution in [2.75, 3.05) is 5.32 Å². The van der Waals surface area contributed by atoms with Crippen LogP contribution < -0.4 is 5.32 Å². The summed E-state index contributed by atoms with van der Waals surface area (Å²) in [4.78, 5) is 20.9. The second-order valence-corrected chi connectivity index (χ2v) is 7.52. The molecule has 0 fully saturated rings. The van der Waals surface area contributed by atoms with E-state index in [9.17, 15) is 4.79 Å². The van der Waals surface area contributed by atoms with E-state index in [1.807, 2.05) is 26.0 Å². The third kappa shape index (κ3) is 4.20. The van der Waals surface area contributed by atoms with Gasteiger partial charge in [-0.25, -0.2) is 9.50 Å². The minimum Gasteiger partial charge on any atom is -0.309 e. The molecule has 25 heavy (non-hydrogen) atoms. The third-order valence-electron chi connectivity index (χ3n) is 3.60. The number of nitrogens with one attached hydrogen (secondary N) is 2. The van der Waals surface area contributed by atoms with Crippen molar-refractivity contribution in [3.63, 3.8) is 0 Å². The number of amides is 1. The largest absolute Gasteiger partial charge is 0.309 e. The maximum Gasteiger partial charge on any atom is 0.252 e. The van der Waals surface area contributed by atoms with E-state index in [1.54, 1.807) is 4.52 Å². The molecule has 8 heteroatoms. The molecular formula is C17H23N7O. The van der Waals surface area contributed by atoms with Gasteiger partial charge in [0.15, 0.2) is 11.6 Å². The predicted molar refractivity (Wildman–Crippen MR) is 94.3 cm³/mol. The van der Waals surface area contributed by atoms with Gasteiger partial charge in [0.2, 0.25) is 5.91 Å². The molecule has 0 saturated carbocycles. The normalized spacial score (nSPS) is 11.9. The highest BCUT2D eigenvalue weighted by Gasteiger charge is 2.15. The first-order valence-corrected chi connectivity index (χ1v) is 8.24. The molecule has 0 unspecified atom stereocenters. The second-order valence-electron chi connectivity index (χ2n) is 7.52. The fourth-order valence-electron chi connectivity index (χ4n) is 2.70. The van der Waals surface area contributed by atoms with Crippen molar-refractivity contribution in [1.82, 2.24) is 29.8 Å². The van der Waals surface area contributed by atoms with Crippen molar-refractivity contribution >= 4 is 17.5 Å². The number of aromatic amines is 1. The smallest absolute Gasteiger partial charge is 0.252 e. The minimum absolute atomic E-state index is 0.0727. The van der Waals surface area contributed by atoms with E-state index in [2.05, 4.69) is 51.4 Å². The molecule has 0 aromatic carbocycles. The molecule has 1 amide bonds. The molecule has 0 radical (unpaired) electrons. The van der Waals surface area contributed by atoms with E-state index in [0.29, 0.717) is 17.4 Å². The Balaban J connectivity index is 1.68. The molecule has 3 heterocycles. The van der Waals surface area contributed by atoms with Gasteiger partial charge in [0, 0.05) is 23.1 Å². The summed E-state index contributed by atoms with van der Waals surface area (Å²) in [6, 6.07) is 3.78. The standard InChI is InChI=1S/C17H23N7O/c1-10-6-11(2)24-16(18-10)20-14(23-24)8-15(25)19-13-7-12(21-22-13)9-17(3,4)5/h6-7H,8-9H2,1-5H3,(H2,19,21,22,25). The molecular weight excluding hydrogens is 318 g/mol. The van der Waals surface area contributed by atoms with Gasteiger partial charge in [-0.2, -0.15) is 10.1 Å². The lowest BCUT2D eigenvalue weighted by Gasteiger charge is -2.15. The number of hydrogen-bond donors (Lipinski definition) is 2. The first kappa shape index (κ1) is 17.1. The summed E-state index contributed by atoms with van der Waals surface area (Å²) in [5.41, 5.74) is 2.94. The maximum absolute atomic E-state index is 12.2. The van der Waals surface area contributed by atoms with E-state index >= 15 is 0 Å². The van der Waals surface area contributed by atoms with Gasteiger partial charge in [-0.15, -0.1) is 5.10 Å². The summed E-state index contributed by atoms with van der Waals surface area (Å²) >= 11 is 0. The van der Waals surface area contributed by atoms with Gasteiger partial charge in [0.25, 0.3) is 5.78 Å². The SMILES string of the molecule is Cc1cc(C)n2nc(CC(=O)Nc3cc(CC(C)(C)C)[nH]n3)nc2n1. The molecule has 0 saturated heterocycles. The van der Waals surface area contributed by atoms with Crippen LogP contribution in [0.4, 0.5) is 5.82 Å². The molecule has 0 bridgehead atoms. The fraction of sp³-hybridized carbons (Fsp3) is 0.471. The zero-order chi connectivity index (χ0) is 18.2. The Kier molecular flexibility index (Phi) is 4.28. The Morgan fingerprint density at radius 3 is 2.72 bits per heavy atom. The Hall–Kier alpha value is -2.77. The molecule has 2 N–H and O–H groups in total. The van der Waals surface area contributed by atoms with Gasteiger partial charge in [0.05, 0.1) is 6.42 Å². The highest BCUT2D eigenvalue weighted by atomic mass is 16.1. The number of fused-ring (bicyclic) bond motifs is 1. The lowest BCUT2D eigenvalue weighted by Crippen LogP contribution is -2.15. The number of anilines is 1. The van der Waals surface area contributed by atoms with Gasteiger partial charge in [-0.3, -0.25) is 9.89 Å². The van der Waals surface area contributed by atoms with Crippen LogP contribution in [0.3, 0.4) is 0 Å². The van der Waals surface area contributed by atoms with Crippen molar-refractivity contribution in [2.24, 2.45) is 5.41 Å². The Morgan fingerprint density at radius 2 is 2.00 bits per heavy atom. The van der Waals surface area contributed by atoms with Crippen LogP contribution in [0.2, 0.25) is 0 Å². The van der Waals surface area contributed by atoms with Crippen LogP contribution >= 0.6 is 0 Å². The fourth-order valence-corrected chi connectivity index (χ4v) is 2.70. The second kappa shape index (κ2) is 6.27. The maximum atomic E-state index is 12.2.